The van der Waals surface area contributed by atoms with Gasteiger partial charge in [0, 0.05) is 25.6 Å². The average Bonchev–Trinajstić information content (AvgIpc) is 3.43. The maximum absolute atomic E-state index is 13.7. The van der Waals surface area contributed by atoms with E-state index >= 15 is 0 Å². The second kappa shape index (κ2) is 12.2. The molecule has 42 heavy (non-hydrogen) atoms. The Labute approximate surface area is 246 Å². The van der Waals surface area contributed by atoms with Crippen molar-refractivity contribution in [3.63, 3.8) is 0 Å². The Kier molecular flexibility index (Phi) is 8.63. The Morgan fingerprint density at radius 3 is 2.57 bits per heavy atom. The smallest absolute Gasteiger partial charge is 0.262 e. The fraction of sp³-hybridized carbons (Fsp3) is 0.387. The van der Waals surface area contributed by atoms with E-state index in [4.69, 9.17) is 14.2 Å². The molecule has 0 spiro atoms. The van der Waals surface area contributed by atoms with E-state index in [-0.39, 0.29) is 47.1 Å². The Hall–Kier alpha value is -3.80. The SMILES string of the molecule is Cc1ccc(S(=O)(=O)Nc2cccc3c2O[C@H](CN(C)Cc2ccc4c(c2)OCO4)[C@@H](C)CN([C@H](C)CO)C3=O)cc1. The molecule has 0 aromatic heterocycles. The van der Waals surface area contributed by atoms with E-state index < -0.39 is 22.2 Å². The van der Waals surface area contributed by atoms with Gasteiger partial charge in [-0.1, -0.05) is 36.8 Å². The number of hydrogen-bond acceptors (Lipinski definition) is 8. The molecule has 0 unspecified atom stereocenters. The maximum Gasteiger partial charge on any atom is 0.262 e. The highest BCUT2D eigenvalue weighted by molar-refractivity contribution is 7.92. The summed E-state index contributed by atoms with van der Waals surface area (Å²) in [5.41, 5.74) is 2.38. The number of anilines is 1. The van der Waals surface area contributed by atoms with Crippen LogP contribution < -0.4 is 18.9 Å². The van der Waals surface area contributed by atoms with E-state index in [2.05, 4.69) is 9.62 Å². The summed E-state index contributed by atoms with van der Waals surface area (Å²) in [5.74, 6) is 1.13. The highest BCUT2D eigenvalue weighted by atomic mass is 32.2. The van der Waals surface area contributed by atoms with Gasteiger partial charge in [0.1, 0.15) is 6.10 Å². The van der Waals surface area contributed by atoms with Crippen molar-refractivity contribution in [2.45, 2.75) is 44.4 Å². The number of amides is 1. The lowest BCUT2D eigenvalue weighted by molar-refractivity contribution is 0.0344. The van der Waals surface area contributed by atoms with Gasteiger partial charge in [0.25, 0.3) is 15.9 Å². The first-order valence-corrected chi connectivity index (χ1v) is 15.4. The van der Waals surface area contributed by atoms with Crippen molar-refractivity contribution in [2.24, 2.45) is 5.92 Å². The number of aryl methyl sites for hydroxylation is 1. The molecular weight excluding hydrogens is 558 g/mol. The minimum absolute atomic E-state index is 0.104. The number of likely N-dealkylation sites (N-methyl/N-ethyl adjacent to an activating group) is 1. The van der Waals surface area contributed by atoms with Gasteiger partial charge in [0.15, 0.2) is 17.2 Å². The number of ether oxygens (including phenoxy) is 3. The number of fused-ring (bicyclic) bond motifs is 2. The molecule has 3 atom stereocenters. The first-order valence-electron chi connectivity index (χ1n) is 13.9. The van der Waals surface area contributed by atoms with Crippen molar-refractivity contribution in [2.75, 3.05) is 38.3 Å². The van der Waals surface area contributed by atoms with E-state index in [1.807, 2.05) is 39.1 Å². The summed E-state index contributed by atoms with van der Waals surface area (Å²) in [6, 6.07) is 16.8. The summed E-state index contributed by atoms with van der Waals surface area (Å²) in [6.07, 6.45) is -0.408. The highest BCUT2D eigenvalue weighted by Crippen LogP contribution is 2.37. The summed E-state index contributed by atoms with van der Waals surface area (Å²) in [6.45, 7) is 7.12. The van der Waals surface area contributed by atoms with Crippen LogP contribution in [0, 0.1) is 12.8 Å². The number of carbonyl (C=O) groups excluding carboxylic acids is 1. The number of carbonyl (C=O) groups is 1. The Morgan fingerprint density at radius 1 is 1.10 bits per heavy atom. The molecule has 2 aliphatic heterocycles. The third-order valence-electron chi connectivity index (χ3n) is 7.65. The number of rotatable bonds is 9. The van der Waals surface area contributed by atoms with E-state index in [1.165, 1.54) is 12.1 Å². The summed E-state index contributed by atoms with van der Waals surface area (Å²) in [5, 5.41) is 9.95. The minimum Gasteiger partial charge on any atom is -0.486 e. The predicted molar refractivity (Wildman–Crippen MR) is 158 cm³/mol. The van der Waals surface area contributed by atoms with Gasteiger partial charge in [-0.25, -0.2) is 8.42 Å². The number of nitrogens with zero attached hydrogens (tertiary/aromatic N) is 2. The number of para-hydroxylation sites is 1. The second-order valence-electron chi connectivity index (χ2n) is 11.1. The van der Waals surface area contributed by atoms with Gasteiger partial charge in [0.05, 0.1) is 28.8 Å². The quantitative estimate of drug-likeness (QED) is 0.383. The molecule has 2 aliphatic rings. The lowest BCUT2D eigenvalue weighted by Crippen LogP contribution is -2.49. The zero-order chi connectivity index (χ0) is 30.0. The Bertz CT molecular complexity index is 1540. The highest BCUT2D eigenvalue weighted by Gasteiger charge is 2.35. The van der Waals surface area contributed by atoms with Crippen LogP contribution in [0.4, 0.5) is 5.69 Å². The number of aliphatic hydroxyl groups is 1. The van der Waals surface area contributed by atoms with Gasteiger partial charge in [-0.2, -0.15) is 0 Å². The van der Waals surface area contributed by atoms with Crippen molar-refractivity contribution in [3.8, 4) is 17.2 Å². The molecule has 5 rings (SSSR count). The average molecular weight is 596 g/mol. The standard InChI is InChI=1S/C31H37N3O7S/c1-20-8-11-24(12-9-20)42(37,38)32-26-7-5-6-25-30(26)41-29(21(2)15-34(31(25)36)22(3)18-35)17-33(4)16-23-10-13-27-28(14-23)40-19-39-27/h5-14,21-22,29,32,35H,15-19H2,1-4H3/t21-,22+,29+/m0/s1. The molecule has 0 saturated carbocycles. The molecule has 2 N–H and O–H groups in total. The number of aliphatic hydroxyl groups excluding tert-OH is 1. The van der Waals surface area contributed by atoms with Crippen molar-refractivity contribution < 1.29 is 32.5 Å². The van der Waals surface area contributed by atoms with Gasteiger partial charge < -0.3 is 24.2 Å². The van der Waals surface area contributed by atoms with Crippen LogP contribution >= 0.6 is 0 Å². The predicted octanol–water partition coefficient (Wildman–Crippen LogP) is 3.88. The molecular formula is C31H37N3O7S. The van der Waals surface area contributed by atoms with Gasteiger partial charge in [-0.15, -0.1) is 0 Å². The first-order chi connectivity index (χ1) is 20.1. The molecule has 0 fully saturated rings. The lowest BCUT2D eigenvalue weighted by Gasteiger charge is -2.38. The minimum atomic E-state index is -3.96. The van der Waals surface area contributed by atoms with Crippen molar-refractivity contribution in [1.29, 1.82) is 0 Å². The molecule has 224 valence electrons. The van der Waals surface area contributed by atoms with E-state index in [9.17, 15) is 18.3 Å². The second-order valence-corrected chi connectivity index (χ2v) is 12.8. The van der Waals surface area contributed by atoms with Crippen molar-refractivity contribution >= 4 is 21.6 Å². The van der Waals surface area contributed by atoms with Crippen LogP contribution in [0.1, 0.15) is 35.3 Å². The molecule has 2 heterocycles. The normalized spacial score (nSPS) is 19.1. The summed E-state index contributed by atoms with van der Waals surface area (Å²) >= 11 is 0. The van der Waals surface area contributed by atoms with Crippen LogP contribution in [0.2, 0.25) is 0 Å². The monoisotopic (exact) mass is 595 g/mol. The van der Waals surface area contributed by atoms with Crippen molar-refractivity contribution in [1.82, 2.24) is 9.80 Å². The topological polar surface area (TPSA) is 118 Å². The number of benzene rings is 3. The molecule has 3 aromatic rings. The first kappa shape index (κ1) is 29.7. The molecule has 0 aliphatic carbocycles. The fourth-order valence-corrected chi connectivity index (χ4v) is 6.25. The Morgan fingerprint density at radius 2 is 1.83 bits per heavy atom. The van der Waals surface area contributed by atoms with Gasteiger partial charge in [0.2, 0.25) is 6.79 Å². The maximum atomic E-state index is 13.7. The fourth-order valence-electron chi connectivity index (χ4n) is 5.19. The summed E-state index contributed by atoms with van der Waals surface area (Å²) < 4.78 is 46.8. The van der Waals surface area contributed by atoms with Crippen LogP contribution in [0.3, 0.4) is 0 Å². The molecule has 1 amide bonds. The van der Waals surface area contributed by atoms with Crippen LogP contribution in [0.25, 0.3) is 0 Å². The van der Waals surface area contributed by atoms with E-state index in [0.29, 0.717) is 25.4 Å². The zero-order valence-corrected chi connectivity index (χ0v) is 25.1. The van der Waals surface area contributed by atoms with Gasteiger partial charge >= 0.3 is 0 Å². The molecule has 0 radical (unpaired) electrons. The molecule has 10 nitrogen and oxygen atoms in total. The van der Waals surface area contributed by atoms with Crippen LogP contribution in [0.5, 0.6) is 17.2 Å². The summed E-state index contributed by atoms with van der Waals surface area (Å²) in [7, 11) is -1.99. The third kappa shape index (κ3) is 6.33. The van der Waals surface area contributed by atoms with E-state index in [0.717, 1.165) is 16.9 Å². The van der Waals surface area contributed by atoms with Crippen molar-refractivity contribution in [3.05, 3.63) is 77.4 Å². The number of sulfonamides is 1. The lowest BCUT2D eigenvalue weighted by atomic mass is 9.99. The van der Waals surface area contributed by atoms with Crippen LogP contribution in [-0.4, -0.2) is 74.9 Å². The van der Waals surface area contributed by atoms with Gasteiger partial charge in [-0.3, -0.25) is 14.4 Å². The van der Waals surface area contributed by atoms with E-state index in [1.54, 1.807) is 42.2 Å². The van der Waals surface area contributed by atoms with Gasteiger partial charge in [-0.05, 0) is 62.9 Å². The third-order valence-corrected chi connectivity index (χ3v) is 9.03. The molecule has 11 heteroatoms. The number of nitrogens with one attached hydrogen (secondary N) is 1. The Balaban J connectivity index is 1.46. The van der Waals surface area contributed by atoms with Crippen LogP contribution in [0.15, 0.2) is 65.6 Å². The molecule has 0 bridgehead atoms. The molecule has 0 saturated heterocycles. The zero-order valence-electron chi connectivity index (χ0n) is 24.2. The largest absolute Gasteiger partial charge is 0.486 e. The number of hydrogen-bond donors (Lipinski definition) is 2. The molecule has 3 aromatic carbocycles. The van der Waals surface area contributed by atoms with Crippen LogP contribution in [-0.2, 0) is 16.6 Å². The summed E-state index contributed by atoms with van der Waals surface area (Å²) in [4.78, 5) is 17.6.